The average molecular weight is 427 g/mol. The van der Waals surface area contributed by atoms with Gasteiger partial charge in [0, 0.05) is 8.95 Å². The van der Waals surface area contributed by atoms with E-state index in [-0.39, 0.29) is 15.9 Å². The summed E-state index contributed by atoms with van der Waals surface area (Å²) in [6.45, 7) is 0. The van der Waals surface area contributed by atoms with Gasteiger partial charge in [-0.1, -0.05) is 33.6 Å². The van der Waals surface area contributed by atoms with Crippen molar-refractivity contribution in [2.75, 3.05) is 4.72 Å². The summed E-state index contributed by atoms with van der Waals surface area (Å²) < 4.78 is 28.0. The molecule has 0 saturated heterocycles. The number of rotatable bonds is 3. The molecule has 0 spiro atoms. The van der Waals surface area contributed by atoms with Crippen molar-refractivity contribution in [2.24, 2.45) is 0 Å². The quantitative estimate of drug-likeness (QED) is 0.753. The summed E-state index contributed by atoms with van der Waals surface area (Å²) in [5, 5.41) is 0.216. The molecule has 2 rings (SSSR count). The number of sulfonamides is 1. The van der Waals surface area contributed by atoms with E-state index in [1.165, 1.54) is 12.1 Å². The molecule has 0 amide bonds. The van der Waals surface area contributed by atoms with Crippen LogP contribution in [0.5, 0.6) is 0 Å². The Balaban J connectivity index is 2.40. The number of benzene rings is 1. The van der Waals surface area contributed by atoms with Gasteiger partial charge in [0.05, 0.1) is 0 Å². The van der Waals surface area contributed by atoms with Crippen molar-refractivity contribution in [1.82, 2.24) is 4.98 Å². The molecular weight excluding hydrogens is 419 g/mol. The number of halogens is 3. The third kappa shape index (κ3) is 3.68. The molecule has 0 unspecified atom stereocenters. The van der Waals surface area contributed by atoms with E-state index in [1.807, 2.05) is 0 Å². The zero-order chi connectivity index (χ0) is 14.0. The van der Waals surface area contributed by atoms with Crippen LogP contribution in [0.25, 0.3) is 0 Å². The predicted molar refractivity (Wildman–Crippen MR) is 81.9 cm³/mol. The first kappa shape index (κ1) is 14.8. The summed E-state index contributed by atoms with van der Waals surface area (Å²) in [5.41, 5.74) is 0. The Bertz CT molecular complexity index is 722. The van der Waals surface area contributed by atoms with E-state index in [1.54, 1.807) is 24.3 Å². The maximum atomic E-state index is 12.2. The molecule has 1 aromatic heterocycles. The molecule has 1 aromatic carbocycles. The topological polar surface area (TPSA) is 59.1 Å². The summed E-state index contributed by atoms with van der Waals surface area (Å²) in [7, 11) is -3.73. The standard InChI is InChI=1S/C11H7Br2ClN2O2S/c12-7-4-5-8(13)9(6-7)19(17,18)16-11-3-1-2-10(14)15-11/h1-6H,(H,15,16). The lowest BCUT2D eigenvalue weighted by Gasteiger charge is -2.09. The Kier molecular flexibility index (Phi) is 4.50. The van der Waals surface area contributed by atoms with E-state index in [9.17, 15) is 8.42 Å². The van der Waals surface area contributed by atoms with Gasteiger partial charge in [0.15, 0.2) is 0 Å². The smallest absolute Gasteiger partial charge is 0.263 e. The van der Waals surface area contributed by atoms with Crippen molar-refractivity contribution in [3.05, 3.63) is 50.5 Å². The third-order valence-electron chi connectivity index (χ3n) is 2.14. The highest BCUT2D eigenvalue weighted by molar-refractivity contribution is 9.11. The molecule has 0 radical (unpaired) electrons. The normalized spacial score (nSPS) is 11.3. The van der Waals surface area contributed by atoms with Gasteiger partial charge < -0.3 is 0 Å². The maximum Gasteiger partial charge on any atom is 0.264 e. The molecular formula is C11H7Br2ClN2O2S. The van der Waals surface area contributed by atoms with Gasteiger partial charge in [0.1, 0.15) is 15.9 Å². The van der Waals surface area contributed by atoms with E-state index >= 15 is 0 Å². The number of pyridine rings is 1. The first-order chi connectivity index (χ1) is 8.88. The van der Waals surface area contributed by atoms with Crippen molar-refractivity contribution in [3.8, 4) is 0 Å². The number of anilines is 1. The second kappa shape index (κ2) is 5.78. The van der Waals surface area contributed by atoms with Crippen LogP contribution < -0.4 is 4.72 Å². The van der Waals surface area contributed by atoms with Crippen LogP contribution in [0.3, 0.4) is 0 Å². The Labute approximate surface area is 132 Å². The largest absolute Gasteiger partial charge is 0.264 e. The minimum absolute atomic E-state index is 0.114. The molecule has 0 atom stereocenters. The number of nitrogens with one attached hydrogen (secondary N) is 1. The summed E-state index contributed by atoms with van der Waals surface area (Å²) in [4.78, 5) is 4.00. The minimum atomic E-state index is -3.73. The predicted octanol–water partition coefficient (Wildman–Crippen LogP) is 4.06. The molecule has 0 aliphatic heterocycles. The zero-order valence-corrected chi connectivity index (χ0v) is 14.0. The molecule has 0 bridgehead atoms. The number of hydrogen-bond donors (Lipinski definition) is 1. The van der Waals surface area contributed by atoms with Gasteiger partial charge in [0.2, 0.25) is 0 Å². The Morgan fingerprint density at radius 1 is 1.16 bits per heavy atom. The fraction of sp³-hybridized carbons (Fsp3) is 0. The number of nitrogens with zero attached hydrogens (tertiary/aromatic N) is 1. The second-order valence-corrected chi connectivity index (χ2v) is 7.33. The van der Waals surface area contributed by atoms with Crippen LogP contribution in [0.2, 0.25) is 5.15 Å². The van der Waals surface area contributed by atoms with Crippen LogP contribution >= 0.6 is 43.5 Å². The number of hydrogen-bond acceptors (Lipinski definition) is 3. The van der Waals surface area contributed by atoms with E-state index < -0.39 is 10.0 Å². The van der Waals surface area contributed by atoms with Crippen molar-refractivity contribution < 1.29 is 8.42 Å². The van der Waals surface area contributed by atoms with Crippen LogP contribution in [0.1, 0.15) is 0 Å². The molecule has 4 nitrogen and oxygen atoms in total. The summed E-state index contributed by atoms with van der Waals surface area (Å²) in [6, 6.07) is 9.58. The van der Waals surface area contributed by atoms with Crippen LogP contribution in [-0.2, 0) is 10.0 Å². The monoisotopic (exact) mass is 424 g/mol. The van der Waals surface area contributed by atoms with E-state index in [4.69, 9.17) is 11.6 Å². The summed E-state index contributed by atoms with van der Waals surface area (Å²) in [5.74, 6) is 0.166. The summed E-state index contributed by atoms with van der Waals surface area (Å²) >= 11 is 12.2. The Hall–Kier alpha value is -0.630. The maximum absolute atomic E-state index is 12.2. The fourth-order valence-electron chi connectivity index (χ4n) is 1.34. The first-order valence-corrected chi connectivity index (χ1v) is 8.43. The SMILES string of the molecule is O=S(=O)(Nc1cccc(Cl)n1)c1cc(Br)ccc1Br. The van der Waals surface area contributed by atoms with Gasteiger partial charge in [-0.2, -0.15) is 0 Å². The molecule has 1 heterocycles. The van der Waals surface area contributed by atoms with Crippen LogP contribution in [0.15, 0.2) is 50.2 Å². The van der Waals surface area contributed by atoms with E-state index in [0.717, 1.165) is 0 Å². The fourth-order valence-corrected chi connectivity index (χ4v) is 4.01. The molecule has 0 aliphatic rings. The van der Waals surface area contributed by atoms with E-state index in [0.29, 0.717) is 8.95 Å². The molecule has 8 heteroatoms. The van der Waals surface area contributed by atoms with Gasteiger partial charge in [0.25, 0.3) is 10.0 Å². The van der Waals surface area contributed by atoms with Gasteiger partial charge in [-0.25, -0.2) is 13.4 Å². The van der Waals surface area contributed by atoms with Gasteiger partial charge in [-0.05, 0) is 46.3 Å². The lowest BCUT2D eigenvalue weighted by atomic mass is 10.4. The molecule has 0 aliphatic carbocycles. The molecule has 1 N–H and O–H groups in total. The molecule has 0 fully saturated rings. The third-order valence-corrected chi connectivity index (χ3v) is 5.19. The van der Waals surface area contributed by atoms with Gasteiger partial charge >= 0.3 is 0 Å². The molecule has 0 saturated carbocycles. The molecule has 2 aromatic rings. The number of aromatic nitrogens is 1. The van der Waals surface area contributed by atoms with Gasteiger partial charge in [-0.15, -0.1) is 0 Å². The highest BCUT2D eigenvalue weighted by atomic mass is 79.9. The van der Waals surface area contributed by atoms with Crippen LogP contribution in [-0.4, -0.2) is 13.4 Å². The summed E-state index contributed by atoms with van der Waals surface area (Å²) in [6.07, 6.45) is 0. The van der Waals surface area contributed by atoms with Crippen molar-refractivity contribution in [2.45, 2.75) is 4.90 Å². The van der Waals surface area contributed by atoms with Crippen molar-refractivity contribution in [1.29, 1.82) is 0 Å². The second-order valence-electron chi connectivity index (χ2n) is 3.53. The van der Waals surface area contributed by atoms with Crippen molar-refractivity contribution in [3.63, 3.8) is 0 Å². The lowest BCUT2D eigenvalue weighted by molar-refractivity contribution is 0.600. The van der Waals surface area contributed by atoms with Crippen LogP contribution in [0.4, 0.5) is 5.82 Å². The average Bonchev–Trinajstić information content (AvgIpc) is 2.31. The minimum Gasteiger partial charge on any atom is -0.263 e. The highest BCUT2D eigenvalue weighted by Gasteiger charge is 2.18. The van der Waals surface area contributed by atoms with Crippen LogP contribution in [0, 0.1) is 0 Å². The molecule has 100 valence electrons. The Morgan fingerprint density at radius 2 is 1.89 bits per heavy atom. The Morgan fingerprint density at radius 3 is 2.58 bits per heavy atom. The zero-order valence-electron chi connectivity index (χ0n) is 9.27. The van der Waals surface area contributed by atoms with Crippen molar-refractivity contribution >= 4 is 59.3 Å². The first-order valence-electron chi connectivity index (χ1n) is 4.99. The lowest BCUT2D eigenvalue weighted by Crippen LogP contribution is -2.14. The molecule has 19 heavy (non-hydrogen) atoms. The van der Waals surface area contributed by atoms with E-state index in [2.05, 4.69) is 41.6 Å². The highest BCUT2D eigenvalue weighted by Crippen LogP contribution is 2.27. The van der Waals surface area contributed by atoms with Gasteiger partial charge in [-0.3, -0.25) is 4.72 Å².